The van der Waals surface area contributed by atoms with Crippen molar-refractivity contribution in [3.05, 3.63) is 64.6 Å². The summed E-state index contributed by atoms with van der Waals surface area (Å²) < 4.78 is 5.94. The summed E-state index contributed by atoms with van der Waals surface area (Å²) in [4.78, 5) is 15.1. The molecule has 1 saturated heterocycles. The van der Waals surface area contributed by atoms with Crippen LogP contribution >= 0.6 is 24.0 Å². The Labute approximate surface area is 162 Å². The topological polar surface area (TPSA) is 49.8 Å². The molecule has 1 amide bonds. The van der Waals surface area contributed by atoms with E-state index in [1.165, 1.54) is 11.8 Å². The summed E-state index contributed by atoms with van der Waals surface area (Å²) in [5.74, 6) is 0.367. The van der Waals surface area contributed by atoms with Gasteiger partial charge in [-0.15, -0.1) is 0 Å². The highest BCUT2D eigenvalue weighted by molar-refractivity contribution is 8.26. The zero-order valence-electron chi connectivity index (χ0n) is 14.5. The van der Waals surface area contributed by atoms with Gasteiger partial charge in [0.05, 0.1) is 17.6 Å². The molecule has 0 aliphatic carbocycles. The van der Waals surface area contributed by atoms with Crippen LogP contribution in [0.15, 0.2) is 53.4 Å². The second-order valence-electron chi connectivity index (χ2n) is 5.80. The van der Waals surface area contributed by atoms with Crippen LogP contribution in [-0.2, 0) is 4.79 Å². The van der Waals surface area contributed by atoms with Crippen molar-refractivity contribution in [2.45, 2.75) is 19.9 Å². The van der Waals surface area contributed by atoms with Gasteiger partial charge in [-0.3, -0.25) is 9.69 Å². The number of phenolic OH excluding ortho intramolecular Hbond substituents is 1. The molecule has 1 aliphatic heterocycles. The zero-order valence-corrected chi connectivity index (χ0v) is 16.1. The number of carbonyl (C=O) groups excluding carboxylic acids is 1. The monoisotopic (exact) mass is 385 g/mol. The van der Waals surface area contributed by atoms with Crippen molar-refractivity contribution in [2.24, 2.45) is 0 Å². The highest BCUT2D eigenvalue weighted by Gasteiger charge is 2.35. The van der Waals surface area contributed by atoms with Crippen LogP contribution in [0.25, 0.3) is 6.08 Å². The van der Waals surface area contributed by atoms with Crippen LogP contribution in [0.4, 0.5) is 0 Å². The number of thioether (sulfide) groups is 1. The summed E-state index contributed by atoms with van der Waals surface area (Å²) in [6.45, 7) is 4.27. The summed E-state index contributed by atoms with van der Waals surface area (Å²) in [5, 5.41) is 9.82. The average molecular weight is 386 g/mol. The Bertz CT molecular complexity index is 865. The number of ether oxygens (including phenoxy) is 1. The van der Waals surface area contributed by atoms with Crippen LogP contribution in [0.1, 0.15) is 31.0 Å². The highest BCUT2D eigenvalue weighted by atomic mass is 32.2. The zero-order chi connectivity index (χ0) is 18.7. The molecule has 2 aromatic rings. The SMILES string of the molecule is CCOc1cc(/C=C2\SC(=S)N([C@@H](C)c3ccccc3)C2=O)ccc1O. The maximum atomic E-state index is 12.9. The molecular weight excluding hydrogens is 366 g/mol. The van der Waals surface area contributed by atoms with Gasteiger partial charge in [-0.2, -0.15) is 0 Å². The number of amides is 1. The lowest BCUT2D eigenvalue weighted by molar-refractivity contribution is -0.123. The summed E-state index contributed by atoms with van der Waals surface area (Å²) >= 11 is 6.73. The predicted octanol–water partition coefficient (Wildman–Crippen LogP) is 4.75. The quantitative estimate of drug-likeness (QED) is 0.594. The van der Waals surface area contributed by atoms with E-state index in [0.717, 1.165) is 11.1 Å². The molecule has 1 heterocycles. The third-order valence-corrected chi connectivity index (χ3v) is 5.40. The van der Waals surface area contributed by atoms with E-state index in [2.05, 4.69) is 0 Å². The van der Waals surface area contributed by atoms with Crippen molar-refractivity contribution >= 4 is 40.3 Å². The van der Waals surface area contributed by atoms with Gasteiger partial charge >= 0.3 is 0 Å². The fraction of sp³-hybridized carbons (Fsp3) is 0.200. The van der Waals surface area contributed by atoms with Gasteiger partial charge in [-0.25, -0.2) is 0 Å². The molecule has 1 atom stereocenters. The van der Waals surface area contributed by atoms with E-state index in [9.17, 15) is 9.90 Å². The lowest BCUT2D eigenvalue weighted by Gasteiger charge is -2.23. The summed E-state index contributed by atoms with van der Waals surface area (Å²) in [5.41, 5.74) is 1.81. The van der Waals surface area contributed by atoms with Gasteiger partial charge in [0.2, 0.25) is 0 Å². The van der Waals surface area contributed by atoms with Gasteiger partial charge in [0.25, 0.3) is 5.91 Å². The lowest BCUT2D eigenvalue weighted by atomic mass is 10.1. The summed E-state index contributed by atoms with van der Waals surface area (Å²) in [7, 11) is 0. The molecule has 4 nitrogen and oxygen atoms in total. The van der Waals surface area contributed by atoms with Crippen LogP contribution in [0, 0.1) is 0 Å². The van der Waals surface area contributed by atoms with Gasteiger partial charge in [-0.05, 0) is 43.2 Å². The molecule has 3 rings (SSSR count). The van der Waals surface area contributed by atoms with E-state index in [0.29, 0.717) is 21.6 Å². The van der Waals surface area contributed by atoms with Crippen LogP contribution in [-0.4, -0.2) is 26.8 Å². The molecular formula is C20H19NO3S2. The second-order valence-corrected chi connectivity index (χ2v) is 7.47. The number of aromatic hydroxyl groups is 1. The van der Waals surface area contributed by atoms with Crippen molar-refractivity contribution in [2.75, 3.05) is 6.61 Å². The molecule has 0 radical (unpaired) electrons. The normalized spacial score (nSPS) is 17.0. The molecule has 6 heteroatoms. The fourth-order valence-corrected chi connectivity index (χ4v) is 4.16. The number of phenols is 1. The molecule has 1 aliphatic rings. The third kappa shape index (κ3) is 3.76. The van der Waals surface area contributed by atoms with Gasteiger partial charge in [-0.1, -0.05) is 60.4 Å². The van der Waals surface area contributed by atoms with Gasteiger partial charge in [0.1, 0.15) is 4.32 Å². The van der Waals surface area contributed by atoms with Gasteiger partial charge in [0, 0.05) is 0 Å². The van der Waals surface area contributed by atoms with Crippen LogP contribution in [0.3, 0.4) is 0 Å². The Hall–Kier alpha value is -2.31. The minimum Gasteiger partial charge on any atom is -0.504 e. The standard InChI is InChI=1S/C20H19NO3S2/c1-3-24-17-11-14(9-10-16(17)22)12-18-19(23)21(20(25)26-18)13(2)15-7-5-4-6-8-15/h4-13,22H,3H2,1-2H3/b18-12-/t13-/m0/s1. The Morgan fingerprint density at radius 2 is 2.00 bits per heavy atom. The number of rotatable bonds is 5. The maximum absolute atomic E-state index is 12.9. The highest BCUT2D eigenvalue weighted by Crippen LogP contribution is 2.38. The van der Waals surface area contributed by atoms with E-state index in [1.807, 2.05) is 44.2 Å². The first-order valence-corrected chi connectivity index (χ1v) is 9.51. The van der Waals surface area contributed by atoms with E-state index in [1.54, 1.807) is 29.2 Å². The van der Waals surface area contributed by atoms with Crippen LogP contribution < -0.4 is 4.74 Å². The average Bonchev–Trinajstić information content (AvgIpc) is 2.92. The number of carbonyl (C=O) groups is 1. The third-order valence-electron chi connectivity index (χ3n) is 4.07. The molecule has 134 valence electrons. The fourth-order valence-electron chi connectivity index (χ4n) is 2.74. The number of nitrogens with zero attached hydrogens (tertiary/aromatic N) is 1. The molecule has 26 heavy (non-hydrogen) atoms. The smallest absolute Gasteiger partial charge is 0.266 e. The van der Waals surface area contributed by atoms with Crippen molar-refractivity contribution in [3.63, 3.8) is 0 Å². The molecule has 2 aromatic carbocycles. The molecule has 1 fully saturated rings. The van der Waals surface area contributed by atoms with Crippen molar-refractivity contribution < 1.29 is 14.6 Å². The van der Waals surface area contributed by atoms with Gasteiger partial charge in [0.15, 0.2) is 11.5 Å². The minimum absolute atomic E-state index is 0.0780. The second kappa shape index (κ2) is 7.93. The first-order valence-electron chi connectivity index (χ1n) is 8.29. The molecule has 0 aromatic heterocycles. The Kier molecular flexibility index (Phi) is 5.64. The van der Waals surface area contributed by atoms with Crippen molar-refractivity contribution in [1.82, 2.24) is 4.90 Å². The molecule has 0 unspecified atom stereocenters. The molecule has 0 spiro atoms. The molecule has 1 N–H and O–H groups in total. The number of hydrogen-bond donors (Lipinski definition) is 1. The Morgan fingerprint density at radius 3 is 2.69 bits per heavy atom. The molecule has 0 saturated carbocycles. The van der Waals surface area contributed by atoms with Gasteiger partial charge < -0.3 is 9.84 Å². The van der Waals surface area contributed by atoms with Crippen molar-refractivity contribution in [1.29, 1.82) is 0 Å². The largest absolute Gasteiger partial charge is 0.504 e. The number of thiocarbonyl (C=S) groups is 1. The number of benzene rings is 2. The van der Waals surface area contributed by atoms with E-state index >= 15 is 0 Å². The minimum atomic E-state index is -0.131. The van der Waals surface area contributed by atoms with Crippen LogP contribution in [0.2, 0.25) is 0 Å². The summed E-state index contributed by atoms with van der Waals surface area (Å²) in [6, 6.07) is 14.7. The first-order chi connectivity index (χ1) is 12.5. The summed E-state index contributed by atoms with van der Waals surface area (Å²) in [6.07, 6.45) is 1.78. The van der Waals surface area contributed by atoms with E-state index in [-0.39, 0.29) is 17.7 Å². The Morgan fingerprint density at radius 1 is 1.27 bits per heavy atom. The lowest BCUT2D eigenvalue weighted by Crippen LogP contribution is -2.30. The predicted molar refractivity (Wildman–Crippen MR) is 109 cm³/mol. The van der Waals surface area contributed by atoms with Crippen LogP contribution in [0.5, 0.6) is 11.5 Å². The van der Waals surface area contributed by atoms with E-state index < -0.39 is 0 Å². The molecule has 0 bridgehead atoms. The van der Waals surface area contributed by atoms with Crippen molar-refractivity contribution in [3.8, 4) is 11.5 Å². The van der Waals surface area contributed by atoms with E-state index in [4.69, 9.17) is 17.0 Å². The maximum Gasteiger partial charge on any atom is 0.266 e. The first kappa shape index (κ1) is 18.5. The number of hydrogen-bond acceptors (Lipinski definition) is 5. The Balaban J connectivity index is 1.87.